The third-order valence-corrected chi connectivity index (χ3v) is 5.26. The molecule has 132 valence electrons. The number of allylic oxidation sites excluding steroid dienone is 1. The molecule has 0 aromatic carbocycles. The summed E-state index contributed by atoms with van der Waals surface area (Å²) in [5.41, 5.74) is 1.08. The summed E-state index contributed by atoms with van der Waals surface area (Å²) < 4.78 is 11.7. The fraction of sp³-hybridized carbons (Fsp3) is 0.722. The molecule has 0 radical (unpaired) electrons. The van der Waals surface area contributed by atoms with Crippen molar-refractivity contribution in [3.05, 3.63) is 11.5 Å². The van der Waals surface area contributed by atoms with Crippen LogP contribution in [0, 0.1) is 5.41 Å². The van der Waals surface area contributed by atoms with Crippen LogP contribution >= 0.6 is 0 Å². The smallest absolute Gasteiger partial charge is 0.410 e. The second-order valence-corrected chi connectivity index (χ2v) is 7.35. The standard InChI is InChI=1S/C18H27N3O3/c1-13(2)16(20-12-19-3)24-15-7-10-21(11-18(15)8-9-18)17(22)23-14-5-4-6-14/h12,14-15H,3-11H2,1-2H3/b20-12-. The zero-order valence-electron chi connectivity index (χ0n) is 14.7. The lowest BCUT2D eigenvalue weighted by atomic mass is 9.91. The summed E-state index contributed by atoms with van der Waals surface area (Å²) in [6.45, 7) is 8.76. The highest BCUT2D eigenvalue weighted by atomic mass is 16.6. The average molecular weight is 333 g/mol. The van der Waals surface area contributed by atoms with Gasteiger partial charge in [-0.2, -0.15) is 0 Å². The van der Waals surface area contributed by atoms with Crippen molar-refractivity contribution in [2.24, 2.45) is 15.4 Å². The van der Waals surface area contributed by atoms with Crippen LogP contribution in [0.2, 0.25) is 0 Å². The van der Waals surface area contributed by atoms with Crippen molar-refractivity contribution in [2.45, 2.75) is 64.6 Å². The van der Waals surface area contributed by atoms with Crippen LogP contribution in [0.5, 0.6) is 0 Å². The van der Waals surface area contributed by atoms with Crippen LogP contribution in [0.15, 0.2) is 21.4 Å². The highest BCUT2D eigenvalue weighted by molar-refractivity contribution is 5.68. The Morgan fingerprint density at radius 1 is 1.25 bits per heavy atom. The van der Waals surface area contributed by atoms with E-state index in [0.29, 0.717) is 12.4 Å². The van der Waals surface area contributed by atoms with Crippen LogP contribution < -0.4 is 0 Å². The predicted molar refractivity (Wildman–Crippen MR) is 93.3 cm³/mol. The van der Waals surface area contributed by atoms with Crippen LogP contribution in [0.3, 0.4) is 0 Å². The van der Waals surface area contributed by atoms with Gasteiger partial charge in [0.1, 0.15) is 18.5 Å². The Morgan fingerprint density at radius 3 is 2.54 bits per heavy atom. The quantitative estimate of drug-likeness (QED) is 0.439. The van der Waals surface area contributed by atoms with E-state index in [2.05, 4.69) is 16.7 Å². The predicted octanol–water partition coefficient (Wildman–Crippen LogP) is 3.53. The Labute approximate surface area is 143 Å². The zero-order valence-corrected chi connectivity index (χ0v) is 14.7. The summed E-state index contributed by atoms with van der Waals surface area (Å²) in [5, 5.41) is 0. The minimum absolute atomic E-state index is 0.0642. The lowest BCUT2D eigenvalue weighted by Gasteiger charge is -2.39. The van der Waals surface area contributed by atoms with E-state index in [0.717, 1.165) is 44.2 Å². The highest BCUT2D eigenvalue weighted by Gasteiger charge is 2.55. The van der Waals surface area contributed by atoms with Gasteiger partial charge in [-0.1, -0.05) is 0 Å². The van der Waals surface area contributed by atoms with Gasteiger partial charge in [0, 0.05) is 24.9 Å². The number of hydrogen-bond donors (Lipinski definition) is 0. The Morgan fingerprint density at radius 2 is 2.00 bits per heavy atom. The fourth-order valence-electron chi connectivity index (χ4n) is 3.33. The number of piperidine rings is 1. The molecule has 0 aromatic rings. The maximum Gasteiger partial charge on any atom is 0.410 e. The molecule has 1 atom stereocenters. The molecule has 3 aliphatic rings. The second-order valence-electron chi connectivity index (χ2n) is 7.35. The van der Waals surface area contributed by atoms with Crippen LogP contribution in [0.1, 0.15) is 52.4 Å². The maximum atomic E-state index is 12.3. The SMILES string of the molecule is C=N/C=N\C(OC1CCN(C(=O)OC2CCC2)CC12CC2)=C(C)C. The molecule has 0 bridgehead atoms. The topological polar surface area (TPSA) is 63.5 Å². The first-order valence-electron chi connectivity index (χ1n) is 8.82. The molecular weight excluding hydrogens is 306 g/mol. The van der Waals surface area contributed by atoms with Crippen molar-refractivity contribution in [1.29, 1.82) is 0 Å². The molecular formula is C18H27N3O3. The van der Waals surface area contributed by atoms with Crippen LogP contribution in [-0.2, 0) is 9.47 Å². The van der Waals surface area contributed by atoms with Gasteiger partial charge in [0.15, 0.2) is 0 Å². The van der Waals surface area contributed by atoms with Gasteiger partial charge in [0.05, 0.1) is 0 Å². The summed E-state index contributed by atoms with van der Waals surface area (Å²) in [5.74, 6) is 0.615. The minimum Gasteiger partial charge on any atom is -0.474 e. The molecule has 1 amide bonds. The van der Waals surface area contributed by atoms with Crippen molar-refractivity contribution in [1.82, 2.24) is 4.90 Å². The molecule has 1 saturated heterocycles. The van der Waals surface area contributed by atoms with Gasteiger partial charge >= 0.3 is 6.09 Å². The Balaban J connectivity index is 1.60. The van der Waals surface area contributed by atoms with E-state index in [9.17, 15) is 4.79 Å². The number of aliphatic imine (C=N–C) groups is 2. The fourth-order valence-corrected chi connectivity index (χ4v) is 3.33. The largest absolute Gasteiger partial charge is 0.474 e. The Bertz CT molecular complexity index is 558. The molecule has 6 heteroatoms. The molecule has 0 N–H and O–H groups in total. The summed E-state index contributed by atoms with van der Waals surface area (Å²) in [7, 11) is 0. The van der Waals surface area contributed by atoms with Gasteiger partial charge in [0.2, 0.25) is 5.88 Å². The molecule has 6 nitrogen and oxygen atoms in total. The molecule has 0 aromatic heterocycles. The highest BCUT2D eigenvalue weighted by Crippen LogP contribution is 2.54. The number of likely N-dealkylation sites (tertiary alicyclic amines) is 1. The molecule has 1 unspecified atom stereocenters. The summed E-state index contributed by atoms with van der Waals surface area (Å²) in [6, 6.07) is 0. The first-order chi connectivity index (χ1) is 11.5. The molecule has 1 heterocycles. The number of carbonyl (C=O) groups excluding carboxylic acids is 1. The molecule has 1 aliphatic heterocycles. The molecule has 24 heavy (non-hydrogen) atoms. The van der Waals surface area contributed by atoms with Gasteiger partial charge in [-0.15, -0.1) is 0 Å². The average Bonchev–Trinajstić information content (AvgIpc) is 3.28. The summed E-state index contributed by atoms with van der Waals surface area (Å²) in [6.07, 6.45) is 7.67. The van der Waals surface area contributed by atoms with Crippen LogP contribution in [0.25, 0.3) is 0 Å². The van der Waals surface area contributed by atoms with Crippen molar-refractivity contribution >= 4 is 19.1 Å². The van der Waals surface area contributed by atoms with Crippen molar-refractivity contribution in [3.63, 3.8) is 0 Å². The van der Waals surface area contributed by atoms with Gasteiger partial charge in [-0.3, -0.25) is 4.99 Å². The third kappa shape index (κ3) is 3.62. The van der Waals surface area contributed by atoms with Gasteiger partial charge in [-0.25, -0.2) is 9.79 Å². The van der Waals surface area contributed by atoms with Crippen molar-refractivity contribution in [3.8, 4) is 0 Å². The van der Waals surface area contributed by atoms with Gasteiger partial charge in [-0.05, 0) is 58.2 Å². The van der Waals surface area contributed by atoms with E-state index in [1.807, 2.05) is 18.7 Å². The molecule has 2 aliphatic carbocycles. The van der Waals surface area contributed by atoms with Gasteiger partial charge < -0.3 is 14.4 Å². The van der Waals surface area contributed by atoms with Crippen molar-refractivity contribution < 1.29 is 14.3 Å². The monoisotopic (exact) mass is 333 g/mol. The van der Waals surface area contributed by atoms with Crippen LogP contribution in [-0.4, -0.2) is 49.3 Å². The number of amides is 1. The van der Waals surface area contributed by atoms with E-state index in [1.165, 1.54) is 12.8 Å². The summed E-state index contributed by atoms with van der Waals surface area (Å²) >= 11 is 0. The first kappa shape index (κ1) is 17.0. The second kappa shape index (κ2) is 6.95. The number of ether oxygens (including phenoxy) is 2. The number of nitrogens with zero attached hydrogens (tertiary/aromatic N) is 3. The Hall–Kier alpha value is -1.85. The molecule has 3 fully saturated rings. The third-order valence-electron chi connectivity index (χ3n) is 5.26. The van der Waals surface area contributed by atoms with Gasteiger partial charge in [0.25, 0.3) is 0 Å². The van der Waals surface area contributed by atoms with E-state index in [1.54, 1.807) is 0 Å². The maximum absolute atomic E-state index is 12.3. The lowest BCUT2D eigenvalue weighted by Crippen LogP contribution is -2.49. The number of rotatable bonds is 5. The zero-order chi connectivity index (χ0) is 17.2. The molecule has 2 saturated carbocycles. The normalized spacial score (nSPS) is 25.2. The number of hydrogen-bond acceptors (Lipinski definition) is 4. The van der Waals surface area contributed by atoms with E-state index >= 15 is 0 Å². The molecule has 1 spiro atoms. The lowest BCUT2D eigenvalue weighted by molar-refractivity contribution is -0.0270. The minimum atomic E-state index is -0.152. The van der Waals surface area contributed by atoms with E-state index in [4.69, 9.17) is 9.47 Å². The Kier molecular flexibility index (Phi) is 4.92. The van der Waals surface area contributed by atoms with E-state index < -0.39 is 0 Å². The molecule has 3 rings (SSSR count). The first-order valence-corrected chi connectivity index (χ1v) is 8.82. The summed E-state index contributed by atoms with van der Waals surface area (Å²) in [4.78, 5) is 22.1. The van der Waals surface area contributed by atoms with Crippen LogP contribution in [0.4, 0.5) is 4.79 Å². The number of carbonyl (C=O) groups is 1. The van der Waals surface area contributed by atoms with E-state index in [-0.39, 0.29) is 23.7 Å². The van der Waals surface area contributed by atoms with Crippen molar-refractivity contribution in [2.75, 3.05) is 13.1 Å².